The van der Waals surface area contributed by atoms with Crippen LogP contribution in [0.3, 0.4) is 0 Å². The Kier molecular flexibility index (Phi) is 6.26. The smallest absolute Gasteiger partial charge is 0.252 e. The molecule has 0 unspecified atom stereocenters. The fourth-order valence-corrected chi connectivity index (χ4v) is 4.73. The van der Waals surface area contributed by atoms with Gasteiger partial charge >= 0.3 is 0 Å². The van der Waals surface area contributed by atoms with E-state index in [1.807, 2.05) is 6.07 Å². The van der Waals surface area contributed by atoms with Gasteiger partial charge in [-0.25, -0.2) is 22.2 Å². The SMILES string of the molecule is CC(C)NS(=O)(=O)c1ccc(CNC(=O)c2cccc3c2cnn3-c2ccc(F)cc2)cc1. The van der Waals surface area contributed by atoms with Crippen LogP contribution in [-0.4, -0.2) is 30.1 Å². The number of nitrogens with one attached hydrogen (secondary N) is 2. The van der Waals surface area contributed by atoms with Crippen molar-refractivity contribution in [2.24, 2.45) is 0 Å². The fraction of sp³-hybridized carbons (Fsp3) is 0.167. The maximum atomic E-state index is 13.3. The van der Waals surface area contributed by atoms with Gasteiger partial charge in [0.05, 0.1) is 27.9 Å². The number of benzene rings is 3. The average molecular weight is 467 g/mol. The summed E-state index contributed by atoms with van der Waals surface area (Å²) in [6, 6.07) is 17.4. The van der Waals surface area contributed by atoms with E-state index in [2.05, 4.69) is 15.1 Å². The van der Waals surface area contributed by atoms with Gasteiger partial charge in [-0.3, -0.25) is 4.79 Å². The van der Waals surface area contributed by atoms with Crippen molar-refractivity contribution in [2.75, 3.05) is 0 Å². The van der Waals surface area contributed by atoms with Gasteiger partial charge in [0.15, 0.2) is 0 Å². The molecule has 0 aliphatic rings. The van der Waals surface area contributed by atoms with Crippen LogP contribution < -0.4 is 10.0 Å². The number of fused-ring (bicyclic) bond motifs is 1. The molecule has 0 radical (unpaired) electrons. The molecule has 0 atom stereocenters. The summed E-state index contributed by atoms with van der Waals surface area (Å²) in [6.07, 6.45) is 1.61. The largest absolute Gasteiger partial charge is 0.348 e. The molecule has 1 heterocycles. The number of carbonyl (C=O) groups excluding carboxylic acids is 1. The topological polar surface area (TPSA) is 93.1 Å². The van der Waals surface area contributed by atoms with Gasteiger partial charge in [-0.15, -0.1) is 0 Å². The average Bonchev–Trinajstić information content (AvgIpc) is 3.22. The summed E-state index contributed by atoms with van der Waals surface area (Å²) in [6.45, 7) is 3.75. The van der Waals surface area contributed by atoms with Gasteiger partial charge in [-0.2, -0.15) is 5.10 Å². The van der Waals surface area contributed by atoms with Gasteiger partial charge in [0.25, 0.3) is 5.91 Å². The molecule has 0 aliphatic carbocycles. The van der Waals surface area contributed by atoms with Crippen molar-refractivity contribution in [1.82, 2.24) is 19.8 Å². The van der Waals surface area contributed by atoms with Gasteiger partial charge < -0.3 is 5.32 Å². The Balaban J connectivity index is 1.50. The van der Waals surface area contributed by atoms with E-state index in [9.17, 15) is 17.6 Å². The van der Waals surface area contributed by atoms with Gasteiger partial charge in [0.1, 0.15) is 5.82 Å². The van der Waals surface area contributed by atoms with E-state index >= 15 is 0 Å². The van der Waals surface area contributed by atoms with Crippen LogP contribution in [0.1, 0.15) is 29.8 Å². The zero-order valence-electron chi connectivity index (χ0n) is 18.1. The highest BCUT2D eigenvalue weighted by molar-refractivity contribution is 7.89. The van der Waals surface area contributed by atoms with Crippen molar-refractivity contribution in [3.8, 4) is 5.69 Å². The van der Waals surface area contributed by atoms with E-state index in [1.54, 1.807) is 61.1 Å². The number of hydrogen-bond donors (Lipinski definition) is 2. The van der Waals surface area contributed by atoms with E-state index in [1.165, 1.54) is 24.3 Å². The van der Waals surface area contributed by atoms with Crippen molar-refractivity contribution < 1.29 is 17.6 Å². The van der Waals surface area contributed by atoms with Crippen LogP contribution in [0.2, 0.25) is 0 Å². The Hall–Kier alpha value is -3.56. The predicted molar refractivity (Wildman–Crippen MR) is 124 cm³/mol. The van der Waals surface area contributed by atoms with E-state index in [0.29, 0.717) is 16.6 Å². The summed E-state index contributed by atoms with van der Waals surface area (Å²) >= 11 is 0. The highest BCUT2D eigenvalue weighted by atomic mass is 32.2. The molecular weight excluding hydrogens is 443 g/mol. The van der Waals surface area contributed by atoms with E-state index in [4.69, 9.17) is 0 Å². The van der Waals surface area contributed by atoms with Crippen LogP contribution >= 0.6 is 0 Å². The van der Waals surface area contributed by atoms with E-state index in [-0.39, 0.29) is 29.2 Å². The minimum atomic E-state index is -3.57. The van der Waals surface area contributed by atoms with Crippen LogP contribution in [0.5, 0.6) is 0 Å². The van der Waals surface area contributed by atoms with Gasteiger partial charge in [-0.1, -0.05) is 18.2 Å². The minimum absolute atomic E-state index is 0.171. The molecule has 1 amide bonds. The van der Waals surface area contributed by atoms with Crippen LogP contribution in [0.15, 0.2) is 77.8 Å². The molecule has 0 saturated heterocycles. The van der Waals surface area contributed by atoms with Crippen molar-refractivity contribution in [3.63, 3.8) is 0 Å². The lowest BCUT2D eigenvalue weighted by Gasteiger charge is -2.11. The van der Waals surface area contributed by atoms with E-state index < -0.39 is 10.0 Å². The molecule has 0 bridgehead atoms. The van der Waals surface area contributed by atoms with Gasteiger partial charge in [0, 0.05) is 18.0 Å². The van der Waals surface area contributed by atoms with Gasteiger partial charge in [-0.05, 0) is 67.9 Å². The Morgan fingerprint density at radius 1 is 1.03 bits per heavy atom. The molecule has 2 N–H and O–H groups in total. The Bertz CT molecular complexity index is 1400. The lowest BCUT2D eigenvalue weighted by molar-refractivity contribution is 0.0952. The van der Waals surface area contributed by atoms with E-state index in [0.717, 1.165) is 11.1 Å². The first-order valence-corrected chi connectivity index (χ1v) is 11.8. The Morgan fingerprint density at radius 2 is 1.73 bits per heavy atom. The number of aromatic nitrogens is 2. The molecule has 3 aromatic carbocycles. The number of amides is 1. The summed E-state index contributed by atoms with van der Waals surface area (Å²) < 4.78 is 41.9. The third kappa shape index (κ3) is 4.94. The zero-order valence-corrected chi connectivity index (χ0v) is 18.9. The normalized spacial score (nSPS) is 11.8. The predicted octanol–water partition coefficient (Wildman–Crippen LogP) is 3.78. The second-order valence-electron chi connectivity index (χ2n) is 7.87. The molecule has 0 fully saturated rings. The van der Waals surface area contributed by atoms with Gasteiger partial charge in [0.2, 0.25) is 10.0 Å². The maximum Gasteiger partial charge on any atom is 0.252 e. The molecule has 0 spiro atoms. The van der Waals surface area contributed by atoms with Crippen molar-refractivity contribution >= 4 is 26.8 Å². The number of nitrogens with zero attached hydrogens (tertiary/aromatic N) is 2. The summed E-state index contributed by atoms with van der Waals surface area (Å²) in [4.78, 5) is 13.0. The number of hydrogen-bond acceptors (Lipinski definition) is 4. The standard InChI is InChI=1S/C24H23FN4O3S/c1-16(2)28-33(31,32)20-12-6-17(7-13-20)14-26-24(30)21-4-3-5-23-22(21)15-27-29(23)19-10-8-18(25)9-11-19/h3-13,15-16,28H,14H2,1-2H3,(H,26,30). The van der Waals surface area contributed by atoms with Crippen LogP contribution in [0.4, 0.5) is 4.39 Å². The highest BCUT2D eigenvalue weighted by Gasteiger charge is 2.16. The number of carbonyl (C=O) groups is 1. The number of rotatable bonds is 7. The van der Waals surface area contributed by atoms with Crippen molar-refractivity contribution in [2.45, 2.75) is 31.3 Å². The first-order chi connectivity index (χ1) is 15.7. The molecule has 0 aliphatic heterocycles. The molecule has 7 nitrogen and oxygen atoms in total. The molecular formula is C24H23FN4O3S. The first kappa shape index (κ1) is 22.6. The maximum absolute atomic E-state index is 13.3. The quantitative estimate of drug-likeness (QED) is 0.434. The fourth-order valence-electron chi connectivity index (χ4n) is 3.48. The monoisotopic (exact) mass is 466 g/mol. The summed E-state index contributed by atoms with van der Waals surface area (Å²) in [7, 11) is -3.57. The zero-order chi connectivity index (χ0) is 23.6. The highest BCUT2D eigenvalue weighted by Crippen LogP contribution is 2.22. The van der Waals surface area contributed by atoms with Crippen molar-refractivity contribution in [3.05, 3.63) is 89.9 Å². The Labute approximate surface area is 191 Å². The number of halogens is 1. The second-order valence-corrected chi connectivity index (χ2v) is 9.59. The summed E-state index contributed by atoms with van der Waals surface area (Å²) in [5.74, 6) is -0.616. The second kappa shape index (κ2) is 9.13. The lowest BCUT2D eigenvalue weighted by atomic mass is 10.1. The van der Waals surface area contributed by atoms with Crippen LogP contribution in [-0.2, 0) is 16.6 Å². The molecule has 170 valence electrons. The molecule has 4 aromatic rings. The molecule has 4 rings (SSSR count). The molecule has 1 aromatic heterocycles. The minimum Gasteiger partial charge on any atom is -0.348 e. The summed E-state index contributed by atoms with van der Waals surface area (Å²) in [5, 5.41) is 7.89. The lowest BCUT2D eigenvalue weighted by Crippen LogP contribution is -2.30. The molecule has 33 heavy (non-hydrogen) atoms. The van der Waals surface area contributed by atoms with Crippen LogP contribution in [0.25, 0.3) is 16.6 Å². The summed E-state index contributed by atoms with van der Waals surface area (Å²) in [5.41, 5.74) is 2.63. The molecule has 0 saturated carbocycles. The third-order valence-electron chi connectivity index (χ3n) is 5.01. The first-order valence-electron chi connectivity index (χ1n) is 10.4. The van der Waals surface area contributed by atoms with Crippen molar-refractivity contribution in [1.29, 1.82) is 0 Å². The molecule has 9 heteroatoms. The van der Waals surface area contributed by atoms with Crippen LogP contribution in [0, 0.1) is 5.82 Å². The Morgan fingerprint density at radius 3 is 2.39 bits per heavy atom. The number of sulfonamides is 1. The third-order valence-corrected chi connectivity index (χ3v) is 6.68.